The standard InChI is InChI=1S/C47H30N2O/c1-2-10-36(11-3-1)47-48-46-44(50-47)27-22-35-16-14-34-15-17-39(30-43(34)45(35)46)33-18-23-40(24-19-33)49(41-25-20-31-8-4-6-12-37(31)28-41)42-26-21-32-9-5-7-13-38(32)29-42/h1-30H. The van der Waals surface area contributed by atoms with Crippen LogP contribution in [0.5, 0.6) is 0 Å². The number of rotatable bonds is 5. The van der Waals surface area contributed by atoms with E-state index in [0.717, 1.165) is 61.0 Å². The molecule has 0 saturated carbocycles. The fraction of sp³-hybridized carbons (Fsp3) is 0. The highest BCUT2D eigenvalue weighted by molar-refractivity contribution is 6.19. The van der Waals surface area contributed by atoms with Gasteiger partial charge in [0.05, 0.1) is 0 Å². The summed E-state index contributed by atoms with van der Waals surface area (Å²) in [5.74, 6) is 0.638. The molecule has 234 valence electrons. The third kappa shape index (κ3) is 4.79. The Morgan fingerprint density at radius 2 is 0.920 bits per heavy atom. The van der Waals surface area contributed by atoms with Gasteiger partial charge in [-0.3, -0.25) is 0 Å². The van der Waals surface area contributed by atoms with Crippen molar-refractivity contribution in [2.24, 2.45) is 0 Å². The lowest BCUT2D eigenvalue weighted by atomic mass is 9.96. The van der Waals surface area contributed by atoms with Gasteiger partial charge in [-0.05, 0) is 109 Å². The second-order valence-corrected chi connectivity index (χ2v) is 12.8. The van der Waals surface area contributed by atoms with E-state index in [9.17, 15) is 0 Å². The van der Waals surface area contributed by atoms with E-state index in [1.807, 2.05) is 36.4 Å². The van der Waals surface area contributed by atoms with Gasteiger partial charge in [0.2, 0.25) is 5.89 Å². The van der Waals surface area contributed by atoms with Crippen LogP contribution in [0.1, 0.15) is 0 Å². The van der Waals surface area contributed by atoms with Crippen molar-refractivity contribution < 1.29 is 4.42 Å². The van der Waals surface area contributed by atoms with Crippen LogP contribution in [-0.2, 0) is 0 Å². The summed E-state index contributed by atoms with van der Waals surface area (Å²) in [6.07, 6.45) is 0. The van der Waals surface area contributed by atoms with Crippen molar-refractivity contribution in [3.8, 4) is 22.6 Å². The molecule has 0 saturated heterocycles. The zero-order valence-corrected chi connectivity index (χ0v) is 27.1. The van der Waals surface area contributed by atoms with Crippen molar-refractivity contribution in [1.29, 1.82) is 0 Å². The first-order chi connectivity index (χ1) is 24.7. The van der Waals surface area contributed by atoms with Gasteiger partial charge in [0, 0.05) is 28.0 Å². The molecule has 0 spiro atoms. The summed E-state index contributed by atoms with van der Waals surface area (Å²) in [4.78, 5) is 7.37. The quantitative estimate of drug-likeness (QED) is 0.176. The van der Waals surface area contributed by atoms with Crippen LogP contribution < -0.4 is 4.90 Å². The second-order valence-electron chi connectivity index (χ2n) is 12.8. The maximum Gasteiger partial charge on any atom is 0.227 e. The molecular weight excluding hydrogens is 609 g/mol. The van der Waals surface area contributed by atoms with Crippen LogP contribution in [0, 0.1) is 0 Å². The first-order valence-corrected chi connectivity index (χ1v) is 16.9. The molecule has 0 amide bonds. The molecule has 1 aromatic heterocycles. The lowest BCUT2D eigenvalue weighted by molar-refractivity contribution is 0.620. The monoisotopic (exact) mass is 638 g/mol. The van der Waals surface area contributed by atoms with Gasteiger partial charge >= 0.3 is 0 Å². The maximum absolute atomic E-state index is 6.27. The summed E-state index contributed by atoms with van der Waals surface area (Å²) < 4.78 is 6.27. The van der Waals surface area contributed by atoms with E-state index in [1.165, 1.54) is 26.9 Å². The average molecular weight is 639 g/mol. The Labute approximate surface area is 289 Å². The summed E-state index contributed by atoms with van der Waals surface area (Å²) in [5.41, 5.74) is 8.31. The molecule has 10 rings (SSSR count). The Bertz CT molecular complexity index is 2790. The molecule has 3 heteroatoms. The van der Waals surface area contributed by atoms with Crippen molar-refractivity contribution in [2.45, 2.75) is 0 Å². The molecule has 10 aromatic rings. The SMILES string of the molecule is c1ccc(-c2nc3c(ccc4ccc5ccc(-c6ccc(N(c7ccc8ccccc8c7)c7ccc8ccccc8c7)cc6)cc5c43)o2)cc1. The van der Waals surface area contributed by atoms with Crippen LogP contribution in [0.2, 0.25) is 0 Å². The van der Waals surface area contributed by atoms with E-state index in [-0.39, 0.29) is 0 Å². The number of oxazole rings is 1. The predicted molar refractivity (Wildman–Crippen MR) is 210 cm³/mol. The van der Waals surface area contributed by atoms with Crippen LogP contribution in [0.25, 0.3) is 76.8 Å². The number of hydrogen-bond acceptors (Lipinski definition) is 3. The fourth-order valence-electron chi connectivity index (χ4n) is 7.29. The molecule has 1 heterocycles. The number of fused-ring (bicyclic) bond motifs is 7. The first kappa shape index (κ1) is 28.3. The van der Waals surface area contributed by atoms with Gasteiger partial charge in [-0.1, -0.05) is 121 Å². The zero-order valence-electron chi connectivity index (χ0n) is 27.1. The molecule has 9 aromatic carbocycles. The Kier molecular flexibility index (Phi) is 6.49. The van der Waals surface area contributed by atoms with Crippen molar-refractivity contribution in [3.05, 3.63) is 182 Å². The highest BCUT2D eigenvalue weighted by Gasteiger charge is 2.16. The summed E-state index contributed by atoms with van der Waals surface area (Å²) >= 11 is 0. The number of aromatic nitrogens is 1. The normalized spacial score (nSPS) is 11.6. The molecule has 0 bridgehead atoms. The number of nitrogens with zero attached hydrogens (tertiary/aromatic N) is 2. The summed E-state index contributed by atoms with van der Waals surface area (Å²) in [7, 11) is 0. The van der Waals surface area contributed by atoms with Crippen LogP contribution in [0.4, 0.5) is 17.1 Å². The lowest BCUT2D eigenvalue weighted by Gasteiger charge is -2.26. The lowest BCUT2D eigenvalue weighted by Crippen LogP contribution is -2.09. The van der Waals surface area contributed by atoms with E-state index in [2.05, 4.69) is 150 Å². The van der Waals surface area contributed by atoms with E-state index < -0.39 is 0 Å². The van der Waals surface area contributed by atoms with E-state index in [1.54, 1.807) is 0 Å². The minimum atomic E-state index is 0.638. The highest BCUT2D eigenvalue weighted by Crippen LogP contribution is 2.40. The van der Waals surface area contributed by atoms with Crippen molar-refractivity contribution in [3.63, 3.8) is 0 Å². The molecule has 3 nitrogen and oxygen atoms in total. The largest absolute Gasteiger partial charge is 0.436 e. The van der Waals surface area contributed by atoms with Gasteiger partial charge in [0.25, 0.3) is 0 Å². The summed E-state index contributed by atoms with van der Waals surface area (Å²) in [6.45, 7) is 0. The molecule has 50 heavy (non-hydrogen) atoms. The molecule has 0 N–H and O–H groups in total. The van der Waals surface area contributed by atoms with Crippen LogP contribution in [0.15, 0.2) is 186 Å². The minimum absolute atomic E-state index is 0.638. The Hall–Kier alpha value is -6.71. The van der Waals surface area contributed by atoms with Gasteiger partial charge in [0.1, 0.15) is 5.52 Å². The van der Waals surface area contributed by atoms with Crippen LogP contribution in [0.3, 0.4) is 0 Å². The van der Waals surface area contributed by atoms with Crippen molar-refractivity contribution in [1.82, 2.24) is 4.98 Å². The van der Waals surface area contributed by atoms with Crippen LogP contribution >= 0.6 is 0 Å². The Balaban J connectivity index is 1.09. The highest BCUT2D eigenvalue weighted by atomic mass is 16.3. The Morgan fingerprint density at radius 3 is 1.62 bits per heavy atom. The van der Waals surface area contributed by atoms with Crippen molar-refractivity contribution in [2.75, 3.05) is 4.90 Å². The van der Waals surface area contributed by atoms with Crippen LogP contribution in [-0.4, -0.2) is 4.98 Å². The summed E-state index contributed by atoms with van der Waals surface area (Å²) in [5, 5.41) is 9.49. The zero-order chi connectivity index (χ0) is 33.0. The minimum Gasteiger partial charge on any atom is -0.436 e. The van der Waals surface area contributed by atoms with E-state index >= 15 is 0 Å². The average Bonchev–Trinajstić information content (AvgIpc) is 3.63. The third-order valence-electron chi connectivity index (χ3n) is 9.82. The number of benzene rings is 9. The van der Waals surface area contributed by atoms with Gasteiger partial charge in [-0.15, -0.1) is 0 Å². The smallest absolute Gasteiger partial charge is 0.227 e. The van der Waals surface area contributed by atoms with Gasteiger partial charge in [-0.2, -0.15) is 0 Å². The molecule has 0 aliphatic rings. The van der Waals surface area contributed by atoms with Gasteiger partial charge in [0.15, 0.2) is 5.58 Å². The number of anilines is 3. The number of hydrogen-bond donors (Lipinski definition) is 0. The fourth-order valence-corrected chi connectivity index (χ4v) is 7.29. The topological polar surface area (TPSA) is 29.3 Å². The van der Waals surface area contributed by atoms with Crippen molar-refractivity contribution >= 4 is 71.3 Å². The maximum atomic E-state index is 6.27. The Morgan fingerprint density at radius 1 is 0.380 bits per heavy atom. The van der Waals surface area contributed by atoms with Gasteiger partial charge < -0.3 is 9.32 Å². The van der Waals surface area contributed by atoms with E-state index in [4.69, 9.17) is 9.40 Å². The first-order valence-electron chi connectivity index (χ1n) is 16.9. The molecule has 0 fully saturated rings. The summed E-state index contributed by atoms with van der Waals surface area (Å²) in [6, 6.07) is 64.8. The molecule has 0 aliphatic carbocycles. The van der Waals surface area contributed by atoms with E-state index in [0.29, 0.717) is 5.89 Å². The molecule has 0 atom stereocenters. The second kappa shape index (κ2) is 11.5. The molecule has 0 aliphatic heterocycles. The third-order valence-corrected chi connectivity index (χ3v) is 9.82. The molecule has 0 unspecified atom stereocenters. The molecular formula is C47H30N2O. The molecule has 0 radical (unpaired) electrons. The van der Waals surface area contributed by atoms with Gasteiger partial charge in [-0.25, -0.2) is 4.98 Å². The predicted octanol–water partition coefficient (Wildman–Crippen LogP) is 13.2.